The minimum atomic E-state index is 0.157. The highest BCUT2D eigenvalue weighted by Crippen LogP contribution is 2.34. The Kier molecular flexibility index (Phi) is 2.59. The molecule has 1 aromatic rings. The molecule has 2 heteroatoms. The molecule has 1 heterocycles. The molecule has 1 aliphatic heterocycles. The van der Waals surface area contributed by atoms with Crippen molar-refractivity contribution in [2.45, 2.75) is 32.7 Å². The first-order valence-corrected chi connectivity index (χ1v) is 5.58. The van der Waals surface area contributed by atoms with Gasteiger partial charge >= 0.3 is 0 Å². The summed E-state index contributed by atoms with van der Waals surface area (Å²) in [6, 6.07) is 8.31. The van der Waals surface area contributed by atoms with Crippen molar-refractivity contribution in [3.63, 3.8) is 0 Å². The van der Waals surface area contributed by atoms with E-state index in [0.29, 0.717) is 0 Å². The standard InChI is InChI=1S/C13H19NO/c1-13(2,3)14-9-6-10-15-12-8-5-4-7-11(12)14/h4-5,7-8H,6,9-10H2,1-3H3. The van der Waals surface area contributed by atoms with Gasteiger partial charge in [-0.3, -0.25) is 0 Å². The van der Waals surface area contributed by atoms with Crippen LogP contribution in [-0.2, 0) is 0 Å². The summed E-state index contributed by atoms with van der Waals surface area (Å²) in [5.41, 5.74) is 1.38. The van der Waals surface area contributed by atoms with Crippen LogP contribution in [0.4, 0.5) is 5.69 Å². The third-order valence-electron chi connectivity index (χ3n) is 2.75. The van der Waals surface area contributed by atoms with E-state index < -0.39 is 0 Å². The molecule has 0 bridgehead atoms. The number of hydrogen-bond acceptors (Lipinski definition) is 2. The molecule has 0 spiro atoms. The van der Waals surface area contributed by atoms with E-state index in [1.807, 2.05) is 6.07 Å². The van der Waals surface area contributed by atoms with Crippen molar-refractivity contribution in [1.82, 2.24) is 0 Å². The predicted octanol–water partition coefficient (Wildman–Crippen LogP) is 3.07. The molecule has 0 amide bonds. The lowest BCUT2D eigenvalue weighted by atomic mass is 10.0. The van der Waals surface area contributed by atoms with E-state index in [1.54, 1.807) is 0 Å². The Balaban J connectivity index is 2.41. The van der Waals surface area contributed by atoms with E-state index in [4.69, 9.17) is 4.74 Å². The molecule has 0 unspecified atom stereocenters. The van der Waals surface area contributed by atoms with Crippen LogP contribution in [0.3, 0.4) is 0 Å². The molecule has 0 radical (unpaired) electrons. The zero-order valence-corrected chi connectivity index (χ0v) is 9.79. The van der Waals surface area contributed by atoms with Gasteiger partial charge in [0.15, 0.2) is 0 Å². The molecule has 0 aromatic heterocycles. The first-order chi connectivity index (χ1) is 7.09. The second kappa shape index (κ2) is 3.76. The monoisotopic (exact) mass is 205 g/mol. The summed E-state index contributed by atoms with van der Waals surface area (Å²) in [4.78, 5) is 2.43. The van der Waals surface area contributed by atoms with Gasteiger partial charge in [0, 0.05) is 12.1 Å². The zero-order chi connectivity index (χ0) is 10.9. The summed E-state index contributed by atoms with van der Waals surface area (Å²) in [6.45, 7) is 8.63. The van der Waals surface area contributed by atoms with E-state index >= 15 is 0 Å². The molecule has 2 rings (SSSR count). The van der Waals surface area contributed by atoms with E-state index in [-0.39, 0.29) is 5.54 Å². The highest BCUT2D eigenvalue weighted by atomic mass is 16.5. The smallest absolute Gasteiger partial charge is 0.142 e. The predicted molar refractivity (Wildman–Crippen MR) is 63.7 cm³/mol. The normalized spacial score (nSPS) is 16.6. The lowest BCUT2D eigenvalue weighted by Crippen LogP contribution is -2.41. The van der Waals surface area contributed by atoms with E-state index in [2.05, 4.69) is 43.9 Å². The van der Waals surface area contributed by atoms with Crippen LogP contribution in [0.1, 0.15) is 27.2 Å². The van der Waals surface area contributed by atoms with Gasteiger partial charge in [-0.05, 0) is 39.3 Å². The summed E-state index contributed by atoms with van der Waals surface area (Å²) < 4.78 is 5.73. The number of para-hydroxylation sites is 2. The van der Waals surface area contributed by atoms with Crippen molar-refractivity contribution in [2.75, 3.05) is 18.1 Å². The van der Waals surface area contributed by atoms with Gasteiger partial charge in [-0.15, -0.1) is 0 Å². The quantitative estimate of drug-likeness (QED) is 0.645. The van der Waals surface area contributed by atoms with Crippen molar-refractivity contribution in [3.05, 3.63) is 24.3 Å². The fourth-order valence-electron chi connectivity index (χ4n) is 2.02. The lowest BCUT2D eigenvalue weighted by molar-refractivity contribution is 0.321. The summed E-state index contributed by atoms with van der Waals surface area (Å²) in [5, 5.41) is 0. The second-order valence-corrected chi connectivity index (χ2v) is 4.99. The molecule has 1 aliphatic rings. The fraction of sp³-hybridized carbons (Fsp3) is 0.538. The van der Waals surface area contributed by atoms with E-state index in [9.17, 15) is 0 Å². The molecule has 0 fully saturated rings. The van der Waals surface area contributed by atoms with E-state index in [1.165, 1.54) is 5.69 Å². The Hall–Kier alpha value is -1.18. The van der Waals surface area contributed by atoms with Gasteiger partial charge < -0.3 is 9.64 Å². The van der Waals surface area contributed by atoms with Crippen molar-refractivity contribution < 1.29 is 4.74 Å². The second-order valence-electron chi connectivity index (χ2n) is 4.99. The Morgan fingerprint density at radius 1 is 1.20 bits per heavy atom. The molecule has 0 saturated heterocycles. The maximum atomic E-state index is 5.73. The van der Waals surface area contributed by atoms with Crippen LogP contribution in [0.5, 0.6) is 5.75 Å². The number of fused-ring (bicyclic) bond motifs is 1. The summed E-state index contributed by atoms with van der Waals surface area (Å²) in [5.74, 6) is 1.02. The molecule has 0 aliphatic carbocycles. The Bertz CT molecular complexity index is 341. The Morgan fingerprint density at radius 2 is 1.93 bits per heavy atom. The van der Waals surface area contributed by atoms with Gasteiger partial charge in [-0.2, -0.15) is 0 Å². The van der Waals surface area contributed by atoms with Crippen LogP contribution in [0.25, 0.3) is 0 Å². The van der Waals surface area contributed by atoms with Crippen molar-refractivity contribution in [2.24, 2.45) is 0 Å². The van der Waals surface area contributed by atoms with Crippen LogP contribution in [-0.4, -0.2) is 18.7 Å². The summed E-state index contributed by atoms with van der Waals surface area (Å²) >= 11 is 0. The molecule has 0 N–H and O–H groups in total. The van der Waals surface area contributed by atoms with Crippen molar-refractivity contribution in [3.8, 4) is 5.75 Å². The molecular formula is C13H19NO. The van der Waals surface area contributed by atoms with Crippen molar-refractivity contribution >= 4 is 5.69 Å². The van der Waals surface area contributed by atoms with Crippen LogP contribution in [0.2, 0.25) is 0 Å². The van der Waals surface area contributed by atoms with Crippen LogP contribution < -0.4 is 9.64 Å². The molecule has 1 aromatic carbocycles. The topological polar surface area (TPSA) is 12.5 Å². The number of rotatable bonds is 0. The number of nitrogens with zero attached hydrogens (tertiary/aromatic N) is 1. The largest absolute Gasteiger partial charge is 0.491 e. The summed E-state index contributed by atoms with van der Waals surface area (Å²) in [7, 11) is 0. The van der Waals surface area contributed by atoms with Gasteiger partial charge in [0.25, 0.3) is 0 Å². The van der Waals surface area contributed by atoms with Gasteiger partial charge in [-0.25, -0.2) is 0 Å². The highest BCUT2D eigenvalue weighted by molar-refractivity contribution is 5.60. The first-order valence-electron chi connectivity index (χ1n) is 5.58. The van der Waals surface area contributed by atoms with Crippen LogP contribution >= 0.6 is 0 Å². The van der Waals surface area contributed by atoms with Crippen LogP contribution in [0.15, 0.2) is 24.3 Å². The zero-order valence-electron chi connectivity index (χ0n) is 9.79. The molecule has 82 valence electrons. The van der Waals surface area contributed by atoms with Gasteiger partial charge in [0.2, 0.25) is 0 Å². The fourth-order valence-corrected chi connectivity index (χ4v) is 2.02. The minimum absolute atomic E-state index is 0.157. The molecular weight excluding hydrogens is 186 g/mol. The van der Waals surface area contributed by atoms with Crippen molar-refractivity contribution in [1.29, 1.82) is 0 Å². The maximum absolute atomic E-state index is 5.73. The number of benzene rings is 1. The van der Waals surface area contributed by atoms with Gasteiger partial charge in [-0.1, -0.05) is 12.1 Å². The summed E-state index contributed by atoms with van der Waals surface area (Å²) in [6.07, 6.45) is 1.09. The third-order valence-corrected chi connectivity index (χ3v) is 2.75. The lowest BCUT2D eigenvalue weighted by Gasteiger charge is -2.37. The Morgan fingerprint density at radius 3 is 2.67 bits per heavy atom. The molecule has 0 saturated carbocycles. The third kappa shape index (κ3) is 2.09. The minimum Gasteiger partial charge on any atom is -0.491 e. The highest BCUT2D eigenvalue weighted by Gasteiger charge is 2.25. The van der Waals surface area contributed by atoms with E-state index in [0.717, 1.165) is 25.3 Å². The number of anilines is 1. The average molecular weight is 205 g/mol. The molecule has 15 heavy (non-hydrogen) atoms. The van der Waals surface area contributed by atoms with Crippen LogP contribution in [0, 0.1) is 0 Å². The maximum Gasteiger partial charge on any atom is 0.142 e. The number of hydrogen-bond donors (Lipinski definition) is 0. The SMILES string of the molecule is CC(C)(C)N1CCCOc2ccccc21. The number of ether oxygens (including phenoxy) is 1. The average Bonchev–Trinajstić information content (AvgIpc) is 2.38. The molecule has 2 nitrogen and oxygen atoms in total. The first kappa shape index (κ1) is 10.3. The van der Waals surface area contributed by atoms with Gasteiger partial charge in [0.05, 0.1) is 12.3 Å². The Labute approximate surface area is 91.9 Å². The van der Waals surface area contributed by atoms with Gasteiger partial charge in [0.1, 0.15) is 5.75 Å². The molecule has 0 atom stereocenters.